The Hall–Kier alpha value is -3.49. The van der Waals surface area contributed by atoms with Gasteiger partial charge in [-0.2, -0.15) is 0 Å². The lowest BCUT2D eigenvalue weighted by Gasteiger charge is -2.30. The van der Waals surface area contributed by atoms with Gasteiger partial charge in [0.2, 0.25) is 5.72 Å². The minimum absolute atomic E-state index is 0.220. The zero-order valence-electron chi connectivity index (χ0n) is 21.2. The predicted octanol–water partition coefficient (Wildman–Crippen LogP) is 1.23. The lowest BCUT2D eigenvalue weighted by Crippen LogP contribution is -2.45. The Labute approximate surface area is 222 Å². The van der Waals surface area contributed by atoms with Crippen molar-refractivity contribution in [1.82, 2.24) is 14.4 Å². The molecule has 212 valence electrons. The molecule has 0 spiro atoms. The fourth-order valence-electron chi connectivity index (χ4n) is 3.50. The Morgan fingerprint density at radius 3 is 2.62 bits per heavy atom. The first-order chi connectivity index (χ1) is 18.5. The summed E-state index contributed by atoms with van der Waals surface area (Å²) in [5.74, 6) is -0.533. The van der Waals surface area contributed by atoms with Crippen LogP contribution in [0.3, 0.4) is 0 Å². The summed E-state index contributed by atoms with van der Waals surface area (Å²) in [7, 11) is -3.50. The van der Waals surface area contributed by atoms with Crippen LogP contribution in [0.5, 0.6) is 5.75 Å². The first-order valence-electron chi connectivity index (χ1n) is 11.8. The zero-order chi connectivity index (χ0) is 28.7. The molecule has 17 heteroatoms. The summed E-state index contributed by atoms with van der Waals surface area (Å²) in [5.41, 5.74) is 5.09. The third kappa shape index (κ3) is 6.94. The summed E-state index contributed by atoms with van der Waals surface area (Å²) >= 11 is 0. The first kappa shape index (κ1) is 30.1. The molecule has 16 nitrogen and oxygen atoms in total. The summed E-state index contributed by atoms with van der Waals surface area (Å²) < 4.78 is 30.4. The molecule has 2 aromatic rings. The van der Waals surface area contributed by atoms with E-state index < -0.39 is 68.3 Å². The lowest BCUT2D eigenvalue weighted by atomic mass is 10.1. The quantitative estimate of drug-likeness (QED) is 0.0825. The average molecular weight is 568 g/mol. The Morgan fingerprint density at radius 2 is 2.00 bits per heavy atom. The smallest absolute Gasteiger partial charge is 0.330 e. The highest BCUT2D eigenvalue weighted by atomic mass is 31.1. The molecule has 3 N–H and O–H groups in total. The fourth-order valence-corrected chi connectivity index (χ4v) is 4.56. The van der Waals surface area contributed by atoms with Crippen LogP contribution in [0.1, 0.15) is 33.4 Å². The fraction of sp³-hybridized carbons (Fsp3) is 0.500. The van der Waals surface area contributed by atoms with Crippen LogP contribution < -0.4 is 16.1 Å². The molecular weight excluding hydrogens is 539 g/mol. The zero-order valence-corrected chi connectivity index (χ0v) is 22.2. The minimum Gasteiger partial charge on any atom is -0.461 e. The number of nitrogens with one attached hydrogen (secondary N) is 1. The molecule has 1 saturated heterocycles. The van der Waals surface area contributed by atoms with Crippen LogP contribution in [-0.4, -0.2) is 67.3 Å². The highest BCUT2D eigenvalue weighted by Crippen LogP contribution is 2.41. The number of aromatic amines is 1. The number of carbonyl (C=O) groups is 1. The van der Waals surface area contributed by atoms with E-state index in [1.807, 2.05) is 11.9 Å². The summed E-state index contributed by atoms with van der Waals surface area (Å²) in [6, 6.07) is 7.85. The number of esters is 1. The number of benzene rings is 1. The second kappa shape index (κ2) is 13.0. The maximum absolute atomic E-state index is 13.3. The molecular formula is C22H29N6O10P. The van der Waals surface area contributed by atoms with Crippen LogP contribution in [0.15, 0.2) is 57.3 Å². The molecule has 39 heavy (non-hydrogen) atoms. The lowest BCUT2D eigenvalue weighted by molar-refractivity contribution is -0.160. The maximum Gasteiger partial charge on any atom is 0.330 e. The molecule has 0 radical (unpaired) electrons. The monoisotopic (exact) mass is 568 g/mol. The van der Waals surface area contributed by atoms with Crippen LogP contribution in [-0.2, 0) is 23.4 Å². The van der Waals surface area contributed by atoms with Crippen LogP contribution in [0.25, 0.3) is 10.4 Å². The van der Waals surface area contributed by atoms with Gasteiger partial charge in [0.1, 0.15) is 24.0 Å². The maximum atomic E-state index is 13.3. The molecule has 1 aromatic carbocycles. The Morgan fingerprint density at radius 1 is 1.31 bits per heavy atom. The van der Waals surface area contributed by atoms with Gasteiger partial charge in [0.25, 0.3) is 13.7 Å². The van der Waals surface area contributed by atoms with Crippen molar-refractivity contribution >= 4 is 14.1 Å². The highest BCUT2D eigenvalue weighted by molar-refractivity contribution is 7.36. The van der Waals surface area contributed by atoms with E-state index in [0.717, 1.165) is 21.7 Å². The second-order valence-corrected chi connectivity index (χ2v) is 9.87. The summed E-state index contributed by atoms with van der Waals surface area (Å²) in [6.07, 6.45) is -4.27. The van der Waals surface area contributed by atoms with Crippen LogP contribution in [0.4, 0.5) is 0 Å². The van der Waals surface area contributed by atoms with Gasteiger partial charge >= 0.3 is 11.7 Å². The van der Waals surface area contributed by atoms with Gasteiger partial charge in [-0.15, -0.1) is 0 Å². The third-order valence-electron chi connectivity index (χ3n) is 5.86. The van der Waals surface area contributed by atoms with Gasteiger partial charge < -0.3 is 29.0 Å². The highest BCUT2D eigenvalue weighted by Gasteiger charge is 2.56. The number of aliphatic hydroxyl groups is 2. The summed E-state index contributed by atoms with van der Waals surface area (Å²) in [5, 5.41) is 24.7. The third-order valence-corrected chi connectivity index (χ3v) is 7.09. The van der Waals surface area contributed by atoms with Crippen molar-refractivity contribution in [3.05, 3.63) is 73.9 Å². The van der Waals surface area contributed by atoms with Gasteiger partial charge in [0.05, 0.1) is 12.7 Å². The summed E-state index contributed by atoms with van der Waals surface area (Å²) in [4.78, 5) is 47.3. The number of hydrogen-bond donors (Lipinski definition) is 3. The standard InChI is InChI=1S/C22H29N6O10P/c1-4-13(2)36-20(32)14(3)28(38-15-8-6-5-7-9-15)39(34)35-12-22(25-26-23)18(31)17(30)19(37-22)27-11-10-16(29)24-21(27)33/h5-11,13-14,17-19,30-31,39H,4,12H2,1-3H3,(H,24,29,33)/t13?,14?,17-,18+,19-,22-/m1/s1. The van der Waals surface area contributed by atoms with Crippen LogP contribution in [0, 0.1) is 0 Å². The molecule has 2 heterocycles. The number of aromatic nitrogens is 2. The van der Waals surface area contributed by atoms with E-state index in [1.54, 1.807) is 37.3 Å². The van der Waals surface area contributed by atoms with Crippen molar-refractivity contribution in [2.75, 3.05) is 6.61 Å². The average Bonchev–Trinajstić information content (AvgIpc) is 3.16. The number of hydrogen-bond acceptors (Lipinski definition) is 11. The number of carbonyl (C=O) groups excluding carboxylic acids is 1. The van der Waals surface area contributed by atoms with Crippen molar-refractivity contribution in [2.45, 2.75) is 63.5 Å². The van der Waals surface area contributed by atoms with E-state index >= 15 is 0 Å². The number of aliphatic hydroxyl groups excluding tert-OH is 2. The minimum atomic E-state index is -3.50. The van der Waals surface area contributed by atoms with Crippen molar-refractivity contribution in [3.63, 3.8) is 0 Å². The van der Waals surface area contributed by atoms with E-state index in [1.165, 1.54) is 6.92 Å². The second-order valence-electron chi connectivity index (χ2n) is 8.61. The van der Waals surface area contributed by atoms with E-state index in [4.69, 9.17) is 24.4 Å². The molecule has 3 rings (SSSR count). The first-order valence-corrected chi connectivity index (χ1v) is 13.1. The van der Waals surface area contributed by atoms with E-state index in [-0.39, 0.29) is 5.75 Å². The molecule has 0 bridgehead atoms. The van der Waals surface area contributed by atoms with Gasteiger partial charge in [-0.3, -0.25) is 23.7 Å². The van der Waals surface area contributed by atoms with Crippen LogP contribution in [0.2, 0.25) is 0 Å². The van der Waals surface area contributed by atoms with Gasteiger partial charge in [0.15, 0.2) is 6.23 Å². The Kier molecular flexibility index (Phi) is 10.1. The molecule has 1 aliphatic heterocycles. The van der Waals surface area contributed by atoms with Gasteiger partial charge in [-0.05, 0) is 37.9 Å². The van der Waals surface area contributed by atoms with Crippen molar-refractivity contribution in [3.8, 4) is 5.75 Å². The predicted molar refractivity (Wildman–Crippen MR) is 135 cm³/mol. The van der Waals surface area contributed by atoms with Gasteiger partial charge in [-0.25, -0.2) is 4.79 Å². The van der Waals surface area contributed by atoms with E-state index in [2.05, 4.69) is 10.0 Å². The van der Waals surface area contributed by atoms with Crippen molar-refractivity contribution < 1.29 is 38.4 Å². The SMILES string of the molecule is CCC(C)OC(=O)C(C)N(Oc1ccccc1)[PH](=O)OC[C@@]1(N=[N+]=[N-])O[C@@H](n2ccc(=O)[nH]c2=O)[C@H](O)[C@@H]1O. The molecule has 1 aromatic heterocycles. The molecule has 3 unspecified atom stereocenters. The molecule has 7 atom stereocenters. The summed E-state index contributed by atoms with van der Waals surface area (Å²) in [6.45, 7) is 4.00. The number of para-hydroxylation sites is 1. The molecule has 1 fully saturated rings. The topological polar surface area (TPSA) is 218 Å². The van der Waals surface area contributed by atoms with E-state index in [9.17, 15) is 29.2 Å². The van der Waals surface area contributed by atoms with Gasteiger partial charge in [0, 0.05) is 17.2 Å². The number of hydroxylamine groups is 1. The van der Waals surface area contributed by atoms with Gasteiger partial charge in [-0.1, -0.05) is 35.1 Å². The van der Waals surface area contributed by atoms with Crippen molar-refractivity contribution in [1.29, 1.82) is 0 Å². The number of ether oxygens (including phenoxy) is 2. The molecule has 1 aliphatic rings. The van der Waals surface area contributed by atoms with E-state index in [0.29, 0.717) is 6.42 Å². The molecule has 0 amide bonds. The molecule has 0 saturated carbocycles. The largest absolute Gasteiger partial charge is 0.461 e. The van der Waals surface area contributed by atoms with Crippen molar-refractivity contribution in [2.24, 2.45) is 5.11 Å². The van der Waals surface area contributed by atoms with Crippen LogP contribution >= 0.6 is 8.18 Å². The Bertz CT molecular complexity index is 1330. The number of rotatable bonds is 12. The Balaban J connectivity index is 1.85. The normalized spacial score (nSPS) is 24.9. The number of H-pyrrole nitrogens is 1. The number of azide groups is 1. The molecule has 0 aliphatic carbocycles. The number of nitrogens with zero attached hydrogens (tertiary/aromatic N) is 5.